The second kappa shape index (κ2) is 4.82. The molecule has 0 fully saturated rings. The minimum atomic E-state index is -0.449. The average Bonchev–Trinajstić information content (AvgIpc) is 2.77. The lowest BCUT2D eigenvalue weighted by molar-refractivity contribution is 0.555. The van der Waals surface area contributed by atoms with Crippen LogP contribution in [0.25, 0.3) is 11.1 Å². The van der Waals surface area contributed by atoms with Gasteiger partial charge >= 0.3 is 5.76 Å². The van der Waals surface area contributed by atoms with Crippen molar-refractivity contribution in [3.63, 3.8) is 0 Å². The van der Waals surface area contributed by atoms with Crippen LogP contribution < -0.4 is 11.5 Å². The van der Waals surface area contributed by atoms with Crippen LogP contribution in [0.15, 0.2) is 51.7 Å². The molecular formula is C14H11IN2O2. The zero-order valence-electron chi connectivity index (χ0n) is 9.89. The number of nitrogens with one attached hydrogen (secondary N) is 1. The Kier molecular flexibility index (Phi) is 3.16. The number of fused-ring (bicyclic) bond motifs is 1. The van der Waals surface area contributed by atoms with E-state index in [1.54, 1.807) is 6.07 Å². The maximum absolute atomic E-state index is 11.1. The van der Waals surface area contributed by atoms with Crippen molar-refractivity contribution in [3.05, 3.63) is 67.7 Å². The summed E-state index contributed by atoms with van der Waals surface area (Å²) in [6.45, 7) is 0. The van der Waals surface area contributed by atoms with Crippen molar-refractivity contribution in [3.8, 4) is 0 Å². The van der Waals surface area contributed by atoms with E-state index in [0.717, 1.165) is 11.1 Å². The maximum Gasteiger partial charge on any atom is 0.417 e. The van der Waals surface area contributed by atoms with Gasteiger partial charge in [0.2, 0.25) is 0 Å². The summed E-state index contributed by atoms with van der Waals surface area (Å²) >= 11 is 2.25. The van der Waals surface area contributed by atoms with Gasteiger partial charge in [0, 0.05) is 3.57 Å². The molecule has 96 valence electrons. The van der Waals surface area contributed by atoms with E-state index in [1.807, 2.05) is 36.4 Å². The topological polar surface area (TPSA) is 72.0 Å². The smallest absolute Gasteiger partial charge is 0.408 e. The molecule has 0 aliphatic carbocycles. The molecule has 0 radical (unpaired) electrons. The Labute approximate surface area is 122 Å². The summed E-state index contributed by atoms with van der Waals surface area (Å²) in [4.78, 5) is 13.7. The minimum absolute atomic E-state index is 0.235. The van der Waals surface area contributed by atoms with E-state index < -0.39 is 5.76 Å². The molecule has 0 bridgehead atoms. The molecule has 1 atom stereocenters. The van der Waals surface area contributed by atoms with Crippen LogP contribution in [-0.4, -0.2) is 4.98 Å². The number of nitrogens with two attached hydrogens (primary N) is 1. The molecule has 0 saturated carbocycles. The van der Waals surface area contributed by atoms with Crippen molar-refractivity contribution in [2.45, 2.75) is 6.04 Å². The Hall–Kier alpha value is -1.60. The van der Waals surface area contributed by atoms with Gasteiger partial charge in [-0.15, -0.1) is 0 Å². The number of hydrogen-bond acceptors (Lipinski definition) is 3. The standard InChI is InChI=1S/C14H11IN2O2/c15-10-4-1-8(2-5-10)13(16)9-3-6-11-12(7-9)19-14(18)17-11/h1-7,13H,16H2,(H,17,18). The Morgan fingerprint density at radius 3 is 2.53 bits per heavy atom. The van der Waals surface area contributed by atoms with E-state index in [4.69, 9.17) is 10.2 Å². The zero-order valence-corrected chi connectivity index (χ0v) is 12.0. The van der Waals surface area contributed by atoms with Crippen molar-refractivity contribution in [1.82, 2.24) is 4.98 Å². The molecule has 3 rings (SSSR count). The van der Waals surface area contributed by atoms with E-state index in [1.165, 1.54) is 3.57 Å². The fourth-order valence-corrected chi connectivity index (χ4v) is 2.38. The molecule has 4 nitrogen and oxygen atoms in total. The second-order valence-corrected chi connectivity index (χ2v) is 5.54. The molecule has 0 amide bonds. The molecule has 0 aliphatic rings. The highest BCUT2D eigenvalue weighted by Gasteiger charge is 2.11. The van der Waals surface area contributed by atoms with Crippen molar-refractivity contribution in [2.75, 3.05) is 0 Å². The summed E-state index contributed by atoms with van der Waals surface area (Å²) in [6, 6.07) is 13.3. The lowest BCUT2D eigenvalue weighted by atomic mass is 9.99. The first kappa shape index (κ1) is 12.4. The summed E-state index contributed by atoms with van der Waals surface area (Å²) in [7, 11) is 0. The first-order valence-electron chi connectivity index (χ1n) is 5.77. The van der Waals surface area contributed by atoms with E-state index in [-0.39, 0.29) is 6.04 Å². The van der Waals surface area contributed by atoms with Gasteiger partial charge in [0.05, 0.1) is 11.6 Å². The van der Waals surface area contributed by atoms with Crippen LogP contribution in [0.5, 0.6) is 0 Å². The molecule has 19 heavy (non-hydrogen) atoms. The van der Waals surface area contributed by atoms with E-state index in [2.05, 4.69) is 27.6 Å². The van der Waals surface area contributed by atoms with Crippen LogP contribution >= 0.6 is 22.6 Å². The van der Waals surface area contributed by atoms with Gasteiger partial charge in [0.25, 0.3) is 0 Å². The third-order valence-electron chi connectivity index (χ3n) is 3.03. The average molecular weight is 366 g/mol. The number of hydrogen-bond donors (Lipinski definition) is 2. The summed E-state index contributed by atoms with van der Waals surface area (Å²) in [6.07, 6.45) is 0. The van der Waals surface area contributed by atoms with Gasteiger partial charge in [-0.3, -0.25) is 4.98 Å². The van der Waals surface area contributed by atoms with E-state index >= 15 is 0 Å². The summed E-state index contributed by atoms with van der Waals surface area (Å²) in [5, 5.41) is 0. The highest BCUT2D eigenvalue weighted by Crippen LogP contribution is 2.23. The highest BCUT2D eigenvalue weighted by atomic mass is 127. The number of oxazole rings is 1. The van der Waals surface area contributed by atoms with Gasteiger partial charge in [-0.25, -0.2) is 4.79 Å². The lowest BCUT2D eigenvalue weighted by Crippen LogP contribution is -2.11. The Morgan fingerprint density at radius 1 is 1.11 bits per heavy atom. The molecule has 1 aromatic heterocycles. The number of H-pyrrole nitrogens is 1. The number of benzene rings is 2. The molecule has 5 heteroatoms. The van der Waals surface area contributed by atoms with Crippen LogP contribution in [0.1, 0.15) is 17.2 Å². The fourth-order valence-electron chi connectivity index (χ4n) is 2.02. The quantitative estimate of drug-likeness (QED) is 0.686. The van der Waals surface area contributed by atoms with Crippen LogP contribution in [0.2, 0.25) is 0 Å². The van der Waals surface area contributed by atoms with Gasteiger partial charge in [0.15, 0.2) is 5.58 Å². The monoisotopic (exact) mass is 366 g/mol. The van der Waals surface area contributed by atoms with Crippen LogP contribution in [0.3, 0.4) is 0 Å². The van der Waals surface area contributed by atoms with Crippen molar-refractivity contribution >= 4 is 33.7 Å². The van der Waals surface area contributed by atoms with Gasteiger partial charge in [-0.05, 0) is 58.0 Å². The predicted octanol–water partition coefficient (Wildman–Crippen LogP) is 2.77. The first-order chi connectivity index (χ1) is 9.13. The van der Waals surface area contributed by atoms with Gasteiger partial charge in [-0.2, -0.15) is 0 Å². The molecule has 3 N–H and O–H groups in total. The highest BCUT2D eigenvalue weighted by molar-refractivity contribution is 14.1. The van der Waals surface area contributed by atoms with Crippen molar-refractivity contribution in [1.29, 1.82) is 0 Å². The normalized spacial score (nSPS) is 12.7. The molecular weight excluding hydrogens is 355 g/mol. The maximum atomic E-state index is 11.1. The van der Waals surface area contributed by atoms with Gasteiger partial charge < -0.3 is 10.2 Å². The van der Waals surface area contributed by atoms with Crippen molar-refractivity contribution in [2.24, 2.45) is 5.73 Å². The van der Waals surface area contributed by atoms with Crippen LogP contribution in [0.4, 0.5) is 0 Å². The lowest BCUT2D eigenvalue weighted by Gasteiger charge is -2.12. The third-order valence-corrected chi connectivity index (χ3v) is 3.75. The third kappa shape index (κ3) is 2.43. The molecule has 1 heterocycles. The first-order valence-corrected chi connectivity index (χ1v) is 6.85. The number of halogens is 1. The van der Waals surface area contributed by atoms with Crippen LogP contribution in [0, 0.1) is 3.57 Å². The number of rotatable bonds is 2. The fraction of sp³-hybridized carbons (Fsp3) is 0.0714. The minimum Gasteiger partial charge on any atom is -0.408 e. The van der Waals surface area contributed by atoms with Crippen molar-refractivity contribution < 1.29 is 4.42 Å². The molecule has 1 unspecified atom stereocenters. The molecule has 0 spiro atoms. The summed E-state index contributed by atoms with van der Waals surface area (Å²) in [5.74, 6) is -0.449. The Balaban J connectivity index is 2.03. The summed E-state index contributed by atoms with van der Waals surface area (Å²) < 4.78 is 6.21. The predicted molar refractivity (Wildman–Crippen MR) is 82.0 cm³/mol. The Morgan fingerprint density at radius 2 is 1.79 bits per heavy atom. The second-order valence-electron chi connectivity index (χ2n) is 4.30. The van der Waals surface area contributed by atoms with Gasteiger partial charge in [-0.1, -0.05) is 18.2 Å². The molecule has 2 aromatic carbocycles. The van der Waals surface area contributed by atoms with E-state index in [0.29, 0.717) is 11.1 Å². The largest absolute Gasteiger partial charge is 0.417 e. The molecule has 0 aliphatic heterocycles. The molecule has 3 aromatic rings. The number of aromatic amines is 1. The summed E-state index contributed by atoms with van der Waals surface area (Å²) in [5.41, 5.74) is 9.39. The zero-order chi connectivity index (χ0) is 13.4. The van der Waals surface area contributed by atoms with E-state index in [9.17, 15) is 4.79 Å². The van der Waals surface area contributed by atoms with Crippen LogP contribution in [-0.2, 0) is 0 Å². The number of aromatic nitrogens is 1. The molecule has 0 saturated heterocycles. The van der Waals surface area contributed by atoms with Gasteiger partial charge in [0.1, 0.15) is 0 Å². The SMILES string of the molecule is NC(c1ccc(I)cc1)c1ccc2[nH]c(=O)oc2c1. The Bertz CT molecular complexity index is 774.